The summed E-state index contributed by atoms with van der Waals surface area (Å²) in [5, 5.41) is 10.9. The lowest BCUT2D eigenvalue weighted by molar-refractivity contribution is -0.387. The van der Waals surface area contributed by atoms with Gasteiger partial charge in [-0.05, 0) is 29.5 Å². The van der Waals surface area contributed by atoms with E-state index < -0.39 is 35.0 Å². The first-order chi connectivity index (χ1) is 8.88. The Kier molecular flexibility index (Phi) is 5.51. The second kappa shape index (κ2) is 6.68. The summed E-state index contributed by atoms with van der Waals surface area (Å²) in [6, 6.07) is 0. The zero-order valence-electron chi connectivity index (χ0n) is 9.73. The highest BCUT2D eigenvalue weighted by Crippen LogP contribution is 2.32. The number of carbonyl (C=O) groups is 1. The molecule has 1 aromatic heterocycles. The molecule has 1 aromatic rings. The number of halogens is 3. The van der Waals surface area contributed by atoms with Crippen LogP contribution in [0.15, 0.2) is 6.20 Å². The maximum absolute atomic E-state index is 12.6. The second-order valence-corrected chi connectivity index (χ2v) is 4.44. The average Bonchev–Trinajstić information content (AvgIpc) is 2.28. The molecule has 6 nitrogen and oxygen atoms in total. The van der Waals surface area contributed by atoms with Crippen LogP contribution in [-0.2, 0) is 16.0 Å². The van der Waals surface area contributed by atoms with Crippen LogP contribution < -0.4 is 0 Å². The molecule has 0 N–H and O–H groups in total. The third-order valence-corrected chi connectivity index (χ3v) is 3.26. The lowest BCUT2D eigenvalue weighted by Gasteiger charge is -2.07. The highest BCUT2D eigenvalue weighted by Gasteiger charge is 2.27. The van der Waals surface area contributed by atoms with Crippen molar-refractivity contribution in [2.75, 3.05) is 6.61 Å². The van der Waals surface area contributed by atoms with E-state index in [0.717, 1.165) is 6.20 Å². The van der Waals surface area contributed by atoms with Gasteiger partial charge in [0, 0.05) is 6.20 Å². The fourth-order valence-corrected chi connectivity index (χ4v) is 2.23. The van der Waals surface area contributed by atoms with Crippen LogP contribution in [0.1, 0.15) is 24.6 Å². The summed E-state index contributed by atoms with van der Waals surface area (Å²) < 4.78 is 29.7. The number of nitrogens with zero attached hydrogens (tertiary/aromatic N) is 2. The van der Waals surface area contributed by atoms with Gasteiger partial charge < -0.3 is 4.74 Å². The minimum atomic E-state index is -2.87. The van der Waals surface area contributed by atoms with Crippen molar-refractivity contribution in [3.63, 3.8) is 0 Å². The van der Waals surface area contributed by atoms with Crippen molar-refractivity contribution in [2.45, 2.75) is 19.8 Å². The number of aromatic nitrogens is 1. The number of alkyl halides is 2. The smallest absolute Gasteiger partial charge is 0.312 e. The Labute approximate surface area is 120 Å². The molecule has 104 valence electrons. The molecule has 0 aliphatic carbocycles. The number of hydrogen-bond acceptors (Lipinski definition) is 5. The van der Waals surface area contributed by atoms with E-state index in [1.54, 1.807) is 6.92 Å². The van der Waals surface area contributed by atoms with Gasteiger partial charge in [0.15, 0.2) is 0 Å². The highest BCUT2D eigenvalue weighted by molar-refractivity contribution is 14.1. The Morgan fingerprint density at radius 2 is 2.26 bits per heavy atom. The van der Waals surface area contributed by atoms with Gasteiger partial charge in [-0.3, -0.25) is 19.9 Å². The quantitative estimate of drug-likeness (QED) is 0.336. The Morgan fingerprint density at radius 3 is 2.74 bits per heavy atom. The van der Waals surface area contributed by atoms with Crippen LogP contribution in [0, 0.1) is 13.7 Å². The summed E-state index contributed by atoms with van der Waals surface area (Å²) in [5.41, 5.74) is -1.29. The van der Waals surface area contributed by atoms with Crippen molar-refractivity contribution >= 4 is 34.2 Å². The van der Waals surface area contributed by atoms with Crippen LogP contribution in [0.4, 0.5) is 14.5 Å². The molecule has 0 bridgehead atoms. The van der Waals surface area contributed by atoms with Crippen molar-refractivity contribution in [1.29, 1.82) is 0 Å². The summed E-state index contributed by atoms with van der Waals surface area (Å²) >= 11 is 1.45. The molecule has 19 heavy (non-hydrogen) atoms. The normalized spacial score (nSPS) is 10.6. The second-order valence-electron chi connectivity index (χ2n) is 3.36. The molecule has 0 unspecified atom stereocenters. The zero-order valence-corrected chi connectivity index (χ0v) is 11.9. The first-order valence-corrected chi connectivity index (χ1v) is 6.21. The van der Waals surface area contributed by atoms with Gasteiger partial charge in [-0.25, -0.2) is 8.78 Å². The molecular formula is C10H9F2IN2O4. The Morgan fingerprint density at radius 1 is 1.63 bits per heavy atom. The van der Waals surface area contributed by atoms with Crippen LogP contribution in [0.5, 0.6) is 0 Å². The van der Waals surface area contributed by atoms with Gasteiger partial charge >= 0.3 is 11.7 Å². The van der Waals surface area contributed by atoms with Crippen molar-refractivity contribution < 1.29 is 23.2 Å². The molecule has 0 amide bonds. The first kappa shape index (κ1) is 15.7. The molecule has 1 heterocycles. The summed E-state index contributed by atoms with van der Waals surface area (Å²) in [4.78, 5) is 25.0. The molecule has 0 radical (unpaired) electrons. The van der Waals surface area contributed by atoms with Crippen molar-refractivity contribution in [1.82, 2.24) is 4.98 Å². The van der Waals surface area contributed by atoms with Crippen molar-refractivity contribution in [3.05, 3.63) is 31.1 Å². The molecule has 0 aliphatic rings. The van der Waals surface area contributed by atoms with Crippen molar-refractivity contribution in [3.8, 4) is 0 Å². The van der Waals surface area contributed by atoms with Crippen molar-refractivity contribution in [2.24, 2.45) is 0 Å². The standard InChI is InChI=1S/C10H9F2IN2O4/c1-2-19-7(16)3-6-9(15(17)18)8(13)5(4-14-6)10(11)12/h4,10H,2-3H2,1H3. The molecule has 1 rings (SSSR count). The fourth-order valence-electron chi connectivity index (χ4n) is 1.34. The van der Waals surface area contributed by atoms with E-state index in [0.29, 0.717) is 0 Å². The number of carbonyl (C=O) groups excluding carboxylic acids is 1. The van der Waals surface area contributed by atoms with Crippen LogP contribution >= 0.6 is 22.6 Å². The summed E-state index contributed by atoms with van der Waals surface area (Å²) in [6.07, 6.45) is -2.45. The van der Waals surface area contributed by atoms with E-state index in [2.05, 4.69) is 9.72 Å². The topological polar surface area (TPSA) is 82.3 Å². The lowest BCUT2D eigenvalue weighted by atomic mass is 10.2. The predicted molar refractivity (Wildman–Crippen MR) is 68.9 cm³/mol. The minimum Gasteiger partial charge on any atom is -0.466 e. The first-order valence-electron chi connectivity index (χ1n) is 5.13. The molecule has 0 saturated heterocycles. The molecule has 0 spiro atoms. The minimum absolute atomic E-state index is 0.124. The maximum atomic E-state index is 12.6. The molecule has 0 aliphatic heterocycles. The largest absolute Gasteiger partial charge is 0.466 e. The average molecular weight is 386 g/mol. The van der Waals surface area contributed by atoms with Crippen LogP contribution in [0.3, 0.4) is 0 Å². The van der Waals surface area contributed by atoms with Crippen LogP contribution in [0.25, 0.3) is 0 Å². The van der Waals surface area contributed by atoms with Crippen LogP contribution in [-0.4, -0.2) is 22.5 Å². The number of rotatable bonds is 5. The van der Waals surface area contributed by atoms with Gasteiger partial charge in [-0.2, -0.15) is 0 Å². The van der Waals surface area contributed by atoms with Crippen LogP contribution in [0.2, 0.25) is 0 Å². The molecule has 0 saturated carbocycles. The molecule has 0 fully saturated rings. The van der Waals surface area contributed by atoms with E-state index in [-0.39, 0.29) is 15.9 Å². The Bertz CT molecular complexity index is 511. The van der Waals surface area contributed by atoms with Gasteiger partial charge in [0.2, 0.25) is 0 Å². The van der Waals surface area contributed by atoms with Gasteiger partial charge in [-0.15, -0.1) is 0 Å². The van der Waals surface area contributed by atoms with Gasteiger partial charge in [0.25, 0.3) is 6.43 Å². The number of esters is 1. The summed E-state index contributed by atoms with van der Waals surface area (Å²) in [6.45, 7) is 1.71. The molecule has 0 atom stereocenters. The number of pyridine rings is 1. The predicted octanol–water partition coefficient (Wildman–Crippen LogP) is 2.64. The Balaban J connectivity index is 3.22. The summed E-state index contributed by atoms with van der Waals surface area (Å²) in [7, 11) is 0. The van der Waals surface area contributed by atoms with Gasteiger partial charge in [0.1, 0.15) is 9.26 Å². The molecule has 0 aromatic carbocycles. The molecule has 9 heteroatoms. The zero-order chi connectivity index (χ0) is 14.6. The number of hydrogen-bond donors (Lipinski definition) is 0. The lowest BCUT2D eigenvalue weighted by Crippen LogP contribution is -2.12. The van der Waals surface area contributed by atoms with E-state index in [1.807, 2.05) is 0 Å². The molecular weight excluding hydrogens is 377 g/mol. The van der Waals surface area contributed by atoms with Gasteiger partial charge in [0.05, 0.1) is 23.5 Å². The monoisotopic (exact) mass is 386 g/mol. The Hall–Kier alpha value is -1.39. The van der Waals surface area contributed by atoms with E-state index >= 15 is 0 Å². The fraction of sp³-hybridized carbons (Fsp3) is 0.400. The third kappa shape index (κ3) is 3.78. The van der Waals surface area contributed by atoms with E-state index in [9.17, 15) is 23.7 Å². The van der Waals surface area contributed by atoms with Gasteiger partial charge in [-0.1, -0.05) is 0 Å². The number of nitro groups is 1. The maximum Gasteiger partial charge on any atom is 0.312 e. The van der Waals surface area contributed by atoms with E-state index in [4.69, 9.17) is 0 Å². The highest BCUT2D eigenvalue weighted by atomic mass is 127. The SMILES string of the molecule is CCOC(=O)Cc1ncc(C(F)F)c(I)c1[N+](=O)[O-]. The summed E-state index contributed by atoms with van der Waals surface area (Å²) in [5.74, 6) is -0.696. The van der Waals surface area contributed by atoms with E-state index in [1.165, 1.54) is 22.6 Å². The third-order valence-electron chi connectivity index (χ3n) is 2.13. The number of ether oxygens (including phenoxy) is 1.